The maximum atomic E-state index is 12.0. The molecule has 0 aromatic rings. The molecule has 0 aromatic heterocycles. The molecule has 21 heavy (non-hydrogen) atoms. The first kappa shape index (κ1) is 15.4. The molecule has 0 aliphatic carbocycles. The zero-order chi connectivity index (χ0) is 15.7. The van der Waals surface area contributed by atoms with Crippen LogP contribution in [-0.4, -0.2) is 77.7 Å². The Balaban J connectivity index is 2.13. The van der Waals surface area contributed by atoms with Gasteiger partial charge in [0.15, 0.2) is 12.7 Å². The van der Waals surface area contributed by atoms with E-state index in [9.17, 15) is 24.3 Å². The van der Waals surface area contributed by atoms with Crippen molar-refractivity contribution in [3.05, 3.63) is 0 Å². The molecule has 2 N–H and O–H groups in total. The molecule has 9 nitrogen and oxygen atoms in total. The molecule has 9 heteroatoms. The lowest BCUT2D eigenvalue weighted by Gasteiger charge is -2.23. The summed E-state index contributed by atoms with van der Waals surface area (Å²) in [6, 6.07) is -1.35. The van der Waals surface area contributed by atoms with Gasteiger partial charge >= 0.3 is 23.8 Å². The number of imide groups is 2. The number of nitrogens with one attached hydrogen (secondary N) is 1. The summed E-state index contributed by atoms with van der Waals surface area (Å²) < 4.78 is 4.66. The van der Waals surface area contributed by atoms with Gasteiger partial charge in [0, 0.05) is 13.0 Å². The summed E-state index contributed by atoms with van der Waals surface area (Å²) in [6.07, 6.45) is -0.515. The van der Waals surface area contributed by atoms with Crippen molar-refractivity contribution >= 4 is 23.8 Å². The predicted molar refractivity (Wildman–Crippen MR) is 66.8 cm³/mol. The Morgan fingerprint density at radius 3 is 2.48 bits per heavy atom. The van der Waals surface area contributed by atoms with Gasteiger partial charge in [0.25, 0.3) is 0 Å². The third-order valence-electron chi connectivity index (χ3n) is 3.80. The molecule has 0 bridgehead atoms. The van der Waals surface area contributed by atoms with Gasteiger partial charge in [0.1, 0.15) is 12.6 Å². The van der Waals surface area contributed by atoms with E-state index in [1.54, 1.807) is 6.92 Å². The molecule has 0 saturated carbocycles. The minimum absolute atomic E-state index is 0.109. The van der Waals surface area contributed by atoms with Crippen LogP contribution in [-0.2, 0) is 19.1 Å². The second-order valence-corrected chi connectivity index (χ2v) is 5.05. The standard InChI is InChI=1S/C12H17N3O6/c1-3-14-9(17)10(18)15(12(14)20)6-13-5-7(16)4-8(13)11(19)21-2/h7-8,16H,3-6H2,1-2H3/p+1/t7-,8-/m0/s1. The Hall–Kier alpha value is -2.00. The van der Waals surface area contributed by atoms with E-state index in [0.717, 1.165) is 9.80 Å². The monoisotopic (exact) mass is 300 g/mol. The molecular weight excluding hydrogens is 282 g/mol. The molecule has 2 rings (SSSR count). The molecule has 0 spiro atoms. The maximum absolute atomic E-state index is 12.0. The number of carbonyl (C=O) groups is 4. The number of quaternary nitrogens is 1. The lowest BCUT2D eigenvalue weighted by Crippen LogP contribution is -3.16. The van der Waals surface area contributed by atoms with Crippen LogP contribution in [0.3, 0.4) is 0 Å². The first-order chi connectivity index (χ1) is 9.90. The Kier molecular flexibility index (Phi) is 4.24. The van der Waals surface area contributed by atoms with Crippen LogP contribution in [0, 0.1) is 0 Å². The van der Waals surface area contributed by atoms with E-state index in [1.165, 1.54) is 7.11 Å². The molecule has 2 saturated heterocycles. The number of likely N-dealkylation sites (N-methyl/N-ethyl adjacent to an activating group) is 1. The van der Waals surface area contributed by atoms with Crippen LogP contribution in [0.5, 0.6) is 0 Å². The number of rotatable bonds is 4. The smallest absolute Gasteiger partial charge is 0.364 e. The van der Waals surface area contributed by atoms with E-state index in [0.29, 0.717) is 4.90 Å². The van der Waals surface area contributed by atoms with Crippen molar-refractivity contribution in [3.8, 4) is 0 Å². The van der Waals surface area contributed by atoms with Gasteiger partial charge in [-0.15, -0.1) is 0 Å². The fraction of sp³-hybridized carbons (Fsp3) is 0.667. The van der Waals surface area contributed by atoms with E-state index < -0.39 is 36.0 Å². The van der Waals surface area contributed by atoms with Gasteiger partial charge in [-0.05, 0) is 6.92 Å². The number of methoxy groups -OCH3 is 1. The number of amides is 4. The number of aliphatic hydroxyl groups is 1. The van der Waals surface area contributed by atoms with Crippen LogP contribution in [0.1, 0.15) is 13.3 Å². The number of carbonyl (C=O) groups excluding carboxylic acids is 4. The average Bonchev–Trinajstić information content (AvgIpc) is 2.92. The Bertz CT molecular complexity index is 493. The van der Waals surface area contributed by atoms with Crippen LogP contribution in [0.15, 0.2) is 0 Å². The van der Waals surface area contributed by atoms with Crippen LogP contribution in [0.25, 0.3) is 0 Å². The van der Waals surface area contributed by atoms with Gasteiger partial charge in [0.05, 0.1) is 7.11 Å². The van der Waals surface area contributed by atoms with Crippen molar-refractivity contribution in [3.63, 3.8) is 0 Å². The topological polar surface area (TPSA) is 109 Å². The Labute approximate surface area is 121 Å². The van der Waals surface area contributed by atoms with Crippen molar-refractivity contribution in [1.29, 1.82) is 0 Å². The molecule has 116 valence electrons. The van der Waals surface area contributed by atoms with Crippen LogP contribution in [0.2, 0.25) is 0 Å². The van der Waals surface area contributed by atoms with Crippen molar-refractivity contribution < 1.29 is 33.9 Å². The highest BCUT2D eigenvalue weighted by molar-refractivity contribution is 6.44. The number of hydrogen-bond acceptors (Lipinski definition) is 6. The van der Waals surface area contributed by atoms with Crippen molar-refractivity contribution in [1.82, 2.24) is 9.80 Å². The second-order valence-electron chi connectivity index (χ2n) is 5.05. The number of aliphatic hydroxyl groups excluding tert-OH is 1. The summed E-state index contributed by atoms with van der Waals surface area (Å²) in [4.78, 5) is 49.3. The summed E-state index contributed by atoms with van der Waals surface area (Å²) in [6.45, 7) is 1.77. The predicted octanol–water partition coefficient (Wildman–Crippen LogP) is -3.05. The van der Waals surface area contributed by atoms with Crippen LogP contribution < -0.4 is 4.90 Å². The molecular formula is C12H18N3O6+. The maximum Gasteiger partial charge on any atom is 0.364 e. The second kappa shape index (κ2) is 5.78. The number of hydrogen-bond donors (Lipinski definition) is 2. The van der Waals surface area contributed by atoms with Crippen molar-refractivity contribution in [2.24, 2.45) is 0 Å². The normalized spacial score (nSPS) is 29.5. The third kappa shape index (κ3) is 2.61. The summed E-state index contributed by atoms with van der Waals surface area (Å²) in [7, 11) is 1.24. The van der Waals surface area contributed by atoms with Crippen LogP contribution >= 0.6 is 0 Å². The highest BCUT2D eigenvalue weighted by atomic mass is 16.5. The number of esters is 1. The summed E-state index contributed by atoms with van der Waals surface area (Å²) in [5.41, 5.74) is 0. The van der Waals surface area contributed by atoms with Gasteiger partial charge in [-0.1, -0.05) is 0 Å². The zero-order valence-corrected chi connectivity index (χ0v) is 11.9. The summed E-state index contributed by atoms with van der Waals surface area (Å²) >= 11 is 0. The minimum Gasteiger partial charge on any atom is -0.465 e. The van der Waals surface area contributed by atoms with Gasteiger partial charge in [-0.25, -0.2) is 14.5 Å². The van der Waals surface area contributed by atoms with Gasteiger partial charge in [0.2, 0.25) is 0 Å². The Morgan fingerprint density at radius 1 is 1.33 bits per heavy atom. The zero-order valence-electron chi connectivity index (χ0n) is 11.9. The van der Waals surface area contributed by atoms with Gasteiger partial charge in [-0.3, -0.25) is 14.5 Å². The van der Waals surface area contributed by atoms with Crippen LogP contribution in [0.4, 0.5) is 4.79 Å². The number of ether oxygens (including phenoxy) is 1. The molecule has 0 radical (unpaired) electrons. The number of nitrogens with zero attached hydrogens (tertiary/aromatic N) is 2. The molecule has 0 aromatic carbocycles. The highest BCUT2D eigenvalue weighted by Crippen LogP contribution is 2.11. The summed E-state index contributed by atoms with van der Waals surface area (Å²) in [5, 5.41) is 9.68. The molecule has 4 amide bonds. The SMILES string of the molecule is CCN1C(=O)C(=O)N(C[NH+]2C[C@@H](O)C[C@H]2C(=O)OC)C1=O. The molecule has 2 fully saturated rings. The Morgan fingerprint density at radius 2 is 1.95 bits per heavy atom. The molecule has 2 aliphatic heterocycles. The van der Waals surface area contributed by atoms with E-state index >= 15 is 0 Å². The fourth-order valence-corrected chi connectivity index (χ4v) is 2.72. The molecule has 3 atom stereocenters. The van der Waals surface area contributed by atoms with Crippen molar-refractivity contribution in [2.45, 2.75) is 25.5 Å². The lowest BCUT2D eigenvalue weighted by atomic mass is 10.2. The minimum atomic E-state index is -0.903. The number of urea groups is 1. The molecule has 2 heterocycles. The first-order valence-corrected chi connectivity index (χ1v) is 6.68. The van der Waals surface area contributed by atoms with E-state index in [2.05, 4.69) is 4.74 Å². The van der Waals surface area contributed by atoms with Gasteiger partial charge in [-0.2, -0.15) is 0 Å². The van der Waals surface area contributed by atoms with E-state index in [-0.39, 0.29) is 26.2 Å². The largest absolute Gasteiger partial charge is 0.465 e. The summed E-state index contributed by atoms with van der Waals surface area (Å²) in [5.74, 6) is -2.28. The van der Waals surface area contributed by atoms with E-state index in [1.807, 2.05) is 0 Å². The van der Waals surface area contributed by atoms with E-state index in [4.69, 9.17) is 0 Å². The first-order valence-electron chi connectivity index (χ1n) is 6.68. The third-order valence-corrected chi connectivity index (χ3v) is 3.80. The molecule has 2 aliphatic rings. The van der Waals surface area contributed by atoms with Gasteiger partial charge < -0.3 is 14.7 Å². The fourth-order valence-electron chi connectivity index (χ4n) is 2.72. The quantitative estimate of drug-likeness (QED) is 0.324. The highest BCUT2D eigenvalue weighted by Gasteiger charge is 2.49. The molecule has 1 unspecified atom stereocenters. The lowest BCUT2D eigenvalue weighted by molar-refractivity contribution is -0.912. The number of likely N-dealkylation sites (tertiary alicyclic amines) is 1. The van der Waals surface area contributed by atoms with Crippen molar-refractivity contribution in [2.75, 3.05) is 26.9 Å². The average molecular weight is 300 g/mol.